The molecule has 0 radical (unpaired) electrons. The molecule has 2 N–H and O–H groups in total. The minimum Gasteiger partial charge on any atom is -0.477 e. The zero-order valence-electron chi connectivity index (χ0n) is 12.9. The molecule has 7 nitrogen and oxygen atoms in total. The molecule has 1 aliphatic heterocycles. The van der Waals surface area contributed by atoms with Gasteiger partial charge in [-0.2, -0.15) is 5.10 Å². The number of hydrazone groups is 1. The Kier molecular flexibility index (Phi) is 4.65. The van der Waals surface area contributed by atoms with Gasteiger partial charge in [0.05, 0.1) is 5.69 Å². The van der Waals surface area contributed by atoms with E-state index in [9.17, 15) is 9.59 Å². The normalized spacial score (nSPS) is 18.2. The molecule has 2 heterocycles. The van der Waals surface area contributed by atoms with Crippen LogP contribution in [0.1, 0.15) is 42.0 Å². The van der Waals surface area contributed by atoms with Crippen molar-refractivity contribution in [2.24, 2.45) is 5.10 Å². The summed E-state index contributed by atoms with van der Waals surface area (Å²) in [6.07, 6.45) is 2.47. The standard InChI is InChI=1S/C16H15IN4O3/c1-9-6-7-13(20-19-12-5-3-2-4-11(12)17)14-18-8-10(16(23)24)15(22)21(9)14/h2-5,8-9,19H,6-7H2,1H3,(H,23,24)/b20-13+. The van der Waals surface area contributed by atoms with E-state index in [2.05, 4.69) is 38.1 Å². The number of nitrogens with zero attached hydrogens (tertiary/aromatic N) is 3. The Morgan fingerprint density at radius 3 is 2.92 bits per heavy atom. The fraction of sp³-hybridized carbons (Fsp3) is 0.250. The van der Waals surface area contributed by atoms with E-state index in [4.69, 9.17) is 5.11 Å². The van der Waals surface area contributed by atoms with E-state index in [0.717, 1.165) is 15.5 Å². The molecule has 0 spiro atoms. The van der Waals surface area contributed by atoms with Gasteiger partial charge < -0.3 is 5.11 Å². The SMILES string of the molecule is CC1CC/C(=N\Nc2ccccc2I)c2ncc(C(=O)O)c(=O)n21. The number of anilines is 1. The number of halogens is 1. The summed E-state index contributed by atoms with van der Waals surface area (Å²) in [6.45, 7) is 1.88. The second kappa shape index (κ2) is 6.71. The highest BCUT2D eigenvalue weighted by Crippen LogP contribution is 2.23. The number of aromatic carboxylic acids is 1. The summed E-state index contributed by atoms with van der Waals surface area (Å²) in [5.74, 6) is -0.849. The highest BCUT2D eigenvalue weighted by atomic mass is 127. The third-order valence-electron chi connectivity index (χ3n) is 3.91. The minimum absolute atomic E-state index is 0.116. The maximum atomic E-state index is 12.4. The quantitative estimate of drug-likeness (QED) is 0.568. The van der Waals surface area contributed by atoms with E-state index in [0.29, 0.717) is 24.4 Å². The van der Waals surface area contributed by atoms with Crippen molar-refractivity contribution in [2.75, 3.05) is 5.43 Å². The summed E-state index contributed by atoms with van der Waals surface area (Å²) in [4.78, 5) is 27.7. The number of carboxylic acid groups (broad SMARTS) is 1. The Balaban J connectivity index is 2.02. The highest BCUT2D eigenvalue weighted by molar-refractivity contribution is 14.1. The van der Waals surface area contributed by atoms with Gasteiger partial charge in [-0.15, -0.1) is 0 Å². The van der Waals surface area contributed by atoms with Gasteiger partial charge in [0.1, 0.15) is 11.3 Å². The highest BCUT2D eigenvalue weighted by Gasteiger charge is 2.26. The third kappa shape index (κ3) is 3.05. The van der Waals surface area contributed by atoms with Crippen LogP contribution in [0.3, 0.4) is 0 Å². The average molecular weight is 438 g/mol. The van der Waals surface area contributed by atoms with Crippen molar-refractivity contribution in [1.29, 1.82) is 0 Å². The second-order valence-electron chi connectivity index (χ2n) is 5.51. The maximum Gasteiger partial charge on any atom is 0.342 e. The molecule has 24 heavy (non-hydrogen) atoms. The van der Waals surface area contributed by atoms with E-state index in [1.54, 1.807) is 0 Å². The van der Waals surface area contributed by atoms with Gasteiger partial charge in [-0.25, -0.2) is 9.78 Å². The van der Waals surface area contributed by atoms with E-state index < -0.39 is 11.5 Å². The van der Waals surface area contributed by atoms with Crippen molar-refractivity contribution in [3.63, 3.8) is 0 Å². The molecule has 0 saturated heterocycles. The summed E-state index contributed by atoms with van der Waals surface area (Å²) in [6, 6.07) is 7.60. The molecule has 3 rings (SSSR count). The Morgan fingerprint density at radius 1 is 1.46 bits per heavy atom. The largest absolute Gasteiger partial charge is 0.477 e. The zero-order valence-corrected chi connectivity index (χ0v) is 15.0. The van der Waals surface area contributed by atoms with Crippen molar-refractivity contribution >= 4 is 40.0 Å². The number of rotatable bonds is 3. The number of fused-ring (bicyclic) bond motifs is 1. The van der Waals surface area contributed by atoms with E-state index in [-0.39, 0.29) is 11.6 Å². The van der Waals surface area contributed by atoms with E-state index >= 15 is 0 Å². The Labute approximate surface area is 151 Å². The molecule has 2 aromatic rings. The van der Waals surface area contributed by atoms with Crippen LogP contribution in [0.5, 0.6) is 0 Å². The fourth-order valence-corrected chi connectivity index (χ4v) is 3.12. The molecule has 8 heteroatoms. The van der Waals surface area contributed by atoms with Crippen molar-refractivity contribution in [3.05, 3.63) is 55.8 Å². The summed E-state index contributed by atoms with van der Waals surface area (Å²) in [5, 5.41) is 13.5. The molecule has 1 aromatic heterocycles. The van der Waals surface area contributed by atoms with Crippen LogP contribution in [0.15, 0.2) is 40.4 Å². The van der Waals surface area contributed by atoms with Crippen molar-refractivity contribution in [3.8, 4) is 0 Å². The van der Waals surface area contributed by atoms with Gasteiger partial charge in [-0.3, -0.25) is 14.8 Å². The molecular formula is C16H15IN4O3. The van der Waals surface area contributed by atoms with Gasteiger partial charge in [0, 0.05) is 15.8 Å². The number of carbonyl (C=O) groups is 1. The summed E-state index contributed by atoms with van der Waals surface area (Å²) in [7, 11) is 0. The van der Waals surface area contributed by atoms with Crippen LogP contribution >= 0.6 is 22.6 Å². The van der Waals surface area contributed by atoms with Crippen molar-refractivity contribution in [2.45, 2.75) is 25.8 Å². The first-order valence-electron chi connectivity index (χ1n) is 7.41. The summed E-state index contributed by atoms with van der Waals surface area (Å²) < 4.78 is 2.44. The lowest BCUT2D eigenvalue weighted by atomic mass is 10.0. The molecule has 1 aromatic carbocycles. The van der Waals surface area contributed by atoms with Gasteiger partial charge >= 0.3 is 5.97 Å². The molecule has 0 aliphatic carbocycles. The van der Waals surface area contributed by atoms with Gasteiger partial charge in [0.25, 0.3) is 5.56 Å². The lowest BCUT2D eigenvalue weighted by Gasteiger charge is -2.25. The molecule has 0 fully saturated rings. The smallest absolute Gasteiger partial charge is 0.342 e. The first-order valence-corrected chi connectivity index (χ1v) is 8.49. The number of benzene rings is 1. The van der Waals surface area contributed by atoms with Crippen LogP contribution in [0, 0.1) is 3.57 Å². The van der Waals surface area contributed by atoms with Crippen LogP contribution in [-0.4, -0.2) is 26.3 Å². The number of carboxylic acids is 1. The predicted molar refractivity (Wildman–Crippen MR) is 98.7 cm³/mol. The predicted octanol–water partition coefficient (Wildman–Crippen LogP) is 2.72. The van der Waals surface area contributed by atoms with Gasteiger partial charge in [-0.1, -0.05) is 12.1 Å². The molecule has 0 saturated carbocycles. The first kappa shape index (κ1) is 16.6. The van der Waals surface area contributed by atoms with Crippen molar-refractivity contribution < 1.29 is 9.90 Å². The molecule has 0 amide bonds. The third-order valence-corrected chi connectivity index (χ3v) is 4.85. The number of hydrogen-bond donors (Lipinski definition) is 2. The Hall–Kier alpha value is -2.23. The number of hydrogen-bond acceptors (Lipinski definition) is 5. The monoisotopic (exact) mass is 438 g/mol. The minimum atomic E-state index is -1.27. The first-order chi connectivity index (χ1) is 11.5. The topological polar surface area (TPSA) is 96.6 Å². The zero-order chi connectivity index (χ0) is 17.3. The lowest BCUT2D eigenvalue weighted by Crippen LogP contribution is -2.37. The molecule has 1 aliphatic rings. The number of para-hydroxylation sites is 1. The number of nitrogens with one attached hydrogen (secondary N) is 1. The average Bonchev–Trinajstić information content (AvgIpc) is 2.55. The molecule has 1 unspecified atom stereocenters. The van der Waals surface area contributed by atoms with Crippen LogP contribution in [0.25, 0.3) is 0 Å². The second-order valence-corrected chi connectivity index (χ2v) is 6.68. The van der Waals surface area contributed by atoms with Crippen LogP contribution < -0.4 is 11.0 Å². The summed E-state index contributed by atoms with van der Waals surface area (Å²) in [5.41, 5.74) is 3.64. The summed E-state index contributed by atoms with van der Waals surface area (Å²) >= 11 is 2.21. The molecular weight excluding hydrogens is 423 g/mol. The van der Waals surface area contributed by atoms with Crippen LogP contribution in [0.2, 0.25) is 0 Å². The van der Waals surface area contributed by atoms with E-state index in [1.807, 2.05) is 31.2 Å². The Bertz CT molecular complexity index is 891. The molecule has 1 atom stereocenters. The van der Waals surface area contributed by atoms with Gasteiger partial charge in [-0.05, 0) is 54.5 Å². The van der Waals surface area contributed by atoms with Crippen molar-refractivity contribution in [1.82, 2.24) is 9.55 Å². The van der Waals surface area contributed by atoms with E-state index in [1.165, 1.54) is 4.57 Å². The fourth-order valence-electron chi connectivity index (χ4n) is 2.61. The number of aromatic nitrogens is 2. The Morgan fingerprint density at radius 2 is 2.21 bits per heavy atom. The van der Waals surface area contributed by atoms with Gasteiger partial charge in [0.2, 0.25) is 0 Å². The van der Waals surface area contributed by atoms with Crippen LogP contribution in [0.4, 0.5) is 5.69 Å². The lowest BCUT2D eigenvalue weighted by molar-refractivity contribution is 0.0693. The molecule has 124 valence electrons. The molecule has 0 bridgehead atoms. The van der Waals surface area contributed by atoms with Gasteiger partial charge in [0.15, 0.2) is 5.82 Å². The van der Waals surface area contributed by atoms with Crippen LogP contribution in [-0.2, 0) is 0 Å². The maximum absolute atomic E-state index is 12.4.